The lowest BCUT2D eigenvalue weighted by atomic mass is 10.3. The van der Waals surface area contributed by atoms with Gasteiger partial charge in [0, 0.05) is 13.1 Å². The van der Waals surface area contributed by atoms with Crippen LogP contribution in [0.4, 0.5) is 5.95 Å². The van der Waals surface area contributed by atoms with Crippen LogP contribution in [-0.2, 0) is 6.54 Å². The lowest BCUT2D eigenvalue weighted by molar-refractivity contribution is 0.208. The number of aromatic nitrogens is 2. The van der Waals surface area contributed by atoms with Crippen LogP contribution in [0.15, 0.2) is 24.3 Å². The van der Waals surface area contributed by atoms with E-state index in [0.29, 0.717) is 6.54 Å². The molecular weight excluding hydrogens is 202 g/mol. The number of fused-ring (bicyclic) bond motifs is 1. The largest absolute Gasteiger partial charge is 0.392 e. The van der Waals surface area contributed by atoms with Crippen molar-refractivity contribution in [3.63, 3.8) is 0 Å². The van der Waals surface area contributed by atoms with Gasteiger partial charge in [-0.15, -0.1) is 0 Å². The van der Waals surface area contributed by atoms with E-state index in [1.54, 1.807) is 6.92 Å². The van der Waals surface area contributed by atoms with Crippen molar-refractivity contribution >= 4 is 17.0 Å². The lowest BCUT2D eigenvalue weighted by Crippen LogP contribution is -2.17. The number of aryl methyl sites for hydroxylation is 1. The Labute approximate surface area is 94.9 Å². The first-order valence-electron chi connectivity index (χ1n) is 5.59. The van der Waals surface area contributed by atoms with Crippen LogP contribution >= 0.6 is 0 Å². The van der Waals surface area contributed by atoms with Crippen molar-refractivity contribution in [2.24, 2.45) is 0 Å². The van der Waals surface area contributed by atoms with Crippen molar-refractivity contribution in [1.82, 2.24) is 9.55 Å². The molecule has 0 radical (unpaired) electrons. The van der Waals surface area contributed by atoms with Crippen LogP contribution in [0.25, 0.3) is 11.0 Å². The first kappa shape index (κ1) is 11.0. The minimum atomic E-state index is -0.370. The highest BCUT2D eigenvalue weighted by molar-refractivity contribution is 5.78. The number of hydrogen-bond donors (Lipinski definition) is 2. The molecule has 1 aromatic carbocycles. The summed E-state index contributed by atoms with van der Waals surface area (Å²) in [5.41, 5.74) is 2.11. The summed E-state index contributed by atoms with van der Waals surface area (Å²) in [6, 6.07) is 8.04. The number of hydrogen-bond acceptors (Lipinski definition) is 3. The van der Waals surface area contributed by atoms with Crippen molar-refractivity contribution in [2.45, 2.75) is 26.5 Å². The summed E-state index contributed by atoms with van der Waals surface area (Å²) in [7, 11) is 0. The van der Waals surface area contributed by atoms with E-state index < -0.39 is 0 Å². The van der Waals surface area contributed by atoms with E-state index in [9.17, 15) is 5.11 Å². The number of aliphatic hydroxyl groups excluding tert-OH is 1. The summed E-state index contributed by atoms with van der Waals surface area (Å²) in [6.07, 6.45) is -0.370. The normalized spacial score (nSPS) is 12.9. The zero-order valence-electron chi connectivity index (χ0n) is 9.64. The molecule has 0 amide bonds. The van der Waals surface area contributed by atoms with Crippen LogP contribution in [0.5, 0.6) is 0 Å². The fourth-order valence-electron chi connectivity index (χ4n) is 1.77. The highest BCUT2D eigenvalue weighted by Crippen LogP contribution is 2.18. The second-order valence-electron chi connectivity index (χ2n) is 3.90. The molecule has 2 N–H and O–H groups in total. The Hall–Kier alpha value is -1.55. The van der Waals surface area contributed by atoms with E-state index in [4.69, 9.17) is 0 Å². The topological polar surface area (TPSA) is 50.1 Å². The fraction of sp³-hybridized carbons (Fsp3) is 0.417. The molecule has 16 heavy (non-hydrogen) atoms. The zero-order chi connectivity index (χ0) is 11.5. The maximum absolute atomic E-state index is 9.25. The van der Waals surface area contributed by atoms with E-state index >= 15 is 0 Å². The van der Waals surface area contributed by atoms with Crippen LogP contribution in [0.2, 0.25) is 0 Å². The van der Waals surface area contributed by atoms with Crippen LogP contribution in [-0.4, -0.2) is 27.3 Å². The van der Waals surface area contributed by atoms with Gasteiger partial charge in [0.25, 0.3) is 0 Å². The molecule has 0 fully saturated rings. The summed E-state index contributed by atoms with van der Waals surface area (Å²) < 4.78 is 2.11. The monoisotopic (exact) mass is 219 g/mol. The predicted octanol–water partition coefficient (Wildman–Crippen LogP) is 1.85. The quantitative estimate of drug-likeness (QED) is 0.825. The van der Waals surface area contributed by atoms with Gasteiger partial charge in [-0.3, -0.25) is 0 Å². The van der Waals surface area contributed by atoms with Gasteiger partial charge < -0.3 is 15.0 Å². The number of aliphatic hydroxyl groups is 1. The molecule has 4 heteroatoms. The van der Waals surface area contributed by atoms with Gasteiger partial charge >= 0.3 is 0 Å². The van der Waals surface area contributed by atoms with Crippen molar-refractivity contribution in [3.05, 3.63) is 24.3 Å². The van der Waals surface area contributed by atoms with Crippen LogP contribution in [0.1, 0.15) is 13.8 Å². The molecule has 4 nitrogen and oxygen atoms in total. The lowest BCUT2D eigenvalue weighted by Gasteiger charge is -2.09. The molecule has 0 unspecified atom stereocenters. The summed E-state index contributed by atoms with van der Waals surface area (Å²) in [4.78, 5) is 4.50. The molecule has 2 aromatic rings. The molecule has 86 valence electrons. The Morgan fingerprint density at radius 3 is 2.88 bits per heavy atom. The standard InChI is InChI=1S/C12H17N3O/c1-3-15-11-7-5-4-6-10(11)14-12(15)13-8-9(2)16/h4-7,9,16H,3,8H2,1-2H3,(H,13,14)/t9-/m0/s1. The van der Waals surface area contributed by atoms with E-state index in [1.807, 2.05) is 18.2 Å². The van der Waals surface area contributed by atoms with E-state index in [1.165, 1.54) is 0 Å². The third kappa shape index (κ3) is 2.02. The van der Waals surface area contributed by atoms with Gasteiger partial charge in [-0.1, -0.05) is 12.1 Å². The smallest absolute Gasteiger partial charge is 0.203 e. The Morgan fingerprint density at radius 1 is 1.44 bits per heavy atom. The molecule has 1 atom stereocenters. The molecule has 1 heterocycles. The highest BCUT2D eigenvalue weighted by Gasteiger charge is 2.08. The SMILES string of the molecule is CCn1c(NC[C@H](C)O)nc2ccccc21. The van der Waals surface area contributed by atoms with Crippen LogP contribution < -0.4 is 5.32 Å². The molecule has 0 aliphatic rings. The van der Waals surface area contributed by atoms with Gasteiger partial charge in [0.1, 0.15) is 0 Å². The second-order valence-corrected chi connectivity index (χ2v) is 3.90. The first-order chi connectivity index (χ1) is 7.72. The van der Waals surface area contributed by atoms with E-state index in [0.717, 1.165) is 23.5 Å². The van der Waals surface area contributed by atoms with Gasteiger partial charge in [-0.05, 0) is 26.0 Å². The van der Waals surface area contributed by atoms with Crippen LogP contribution in [0, 0.1) is 0 Å². The third-order valence-corrected chi connectivity index (χ3v) is 2.53. The van der Waals surface area contributed by atoms with Crippen molar-refractivity contribution < 1.29 is 5.11 Å². The van der Waals surface area contributed by atoms with Gasteiger partial charge in [0.15, 0.2) is 0 Å². The number of imidazole rings is 1. The van der Waals surface area contributed by atoms with Gasteiger partial charge in [-0.25, -0.2) is 4.98 Å². The Bertz CT molecular complexity index is 476. The number of para-hydroxylation sites is 2. The highest BCUT2D eigenvalue weighted by atomic mass is 16.3. The molecular formula is C12H17N3O. The average Bonchev–Trinajstić information content (AvgIpc) is 2.63. The zero-order valence-corrected chi connectivity index (χ0v) is 9.64. The minimum absolute atomic E-state index is 0.370. The number of rotatable bonds is 4. The second kappa shape index (κ2) is 4.53. The maximum Gasteiger partial charge on any atom is 0.203 e. The predicted molar refractivity (Wildman–Crippen MR) is 65.6 cm³/mol. The summed E-state index contributed by atoms with van der Waals surface area (Å²) in [5.74, 6) is 0.824. The molecule has 0 bridgehead atoms. The molecule has 0 saturated heterocycles. The molecule has 0 aliphatic carbocycles. The van der Waals surface area contributed by atoms with Gasteiger partial charge in [0.05, 0.1) is 17.1 Å². The molecule has 0 aliphatic heterocycles. The van der Waals surface area contributed by atoms with Crippen molar-refractivity contribution in [2.75, 3.05) is 11.9 Å². The van der Waals surface area contributed by atoms with Gasteiger partial charge in [0.2, 0.25) is 5.95 Å². The third-order valence-electron chi connectivity index (χ3n) is 2.53. The van der Waals surface area contributed by atoms with Crippen molar-refractivity contribution in [1.29, 1.82) is 0 Å². The summed E-state index contributed by atoms with van der Waals surface area (Å²) in [5, 5.41) is 12.4. The molecule has 1 aromatic heterocycles. The number of benzene rings is 1. The van der Waals surface area contributed by atoms with Crippen LogP contribution in [0.3, 0.4) is 0 Å². The van der Waals surface area contributed by atoms with Gasteiger partial charge in [-0.2, -0.15) is 0 Å². The Morgan fingerprint density at radius 2 is 2.19 bits per heavy atom. The van der Waals surface area contributed by atoms with Crippen molar-refractivity contribution in [3.8, 4) is 0 Å². The maximum atomic E-state index is 9.25. The summed E-state index contributed by atoms with van der Waals surface area (Å²) >= 11 is 0. The molecule has 0 spiro atoms. The molecule has 0 saturated carbocycles. The summed E-state index contributed by atoms with van der Waals surface area (Å²) in [6.45, 7) is 5.22. The minimum Gasteiger partial charge on any atom is -0.392 e. The average molecular weight is 219 g/mol. The number of nitrogens with zero attached hydrogens (tertiary/aromatic N) is 2. The fourth-order valence-corrected chi connectivity index (χ4v) is 1.77. The number of nitrogens with one attached hydrogen (secondary N) is 1. The Balaban J connectivity index is 2.36. The number of anilines is 1. The molecule has 2 rings (SSSR count). The first-order valence-corrected chi connectivity index (χ1v) is 5.59. The Kier molecular flexibility index (Phi) is 3.10. The van der Waals surface area contributed by atoms with E-state index in [-0.39, 0.29) is 6.10 Å². The van der Waals surface area contributed by atoms with E-state index in [2.05, 4.69) is 27.9 Å².